The lowest BCUT2D eigenvalue weighted by molar-refractivity contribution is -0.113. The van der Waals surface area contributed by atoms with Gasteiger partial charge in [-0.2, -0.15) is 5.26 Å². The van der Waals surface area contributed by atoms with Crippen LogP contribution < -0.4 is 5.32 Å². The summed E-state index contributed by atoms with van der Waals surface area (Å²) in [7, 11) is 0. The van der Waals surface area contributed by atoms with E-state index < -0.39 is 0 Å². The molecule has 2 aromatic rings. The molecular formula is C16H18N4OS4. The molecule has 0 aromatic carbocycles. The molecule has 1 aliphatic carbocycles. The minimum absolute atomic E-state index is 0.104. The Balaban J connectivity index is 1.53. The summed E-state index contributed by atoms with van der Waals surface area (Å²) < 4.78 is 1.74. The van der Waals surface area contributed by atoms with Crippen LogP contribution in [0.25, 0.3) is 0 Å². The first-order valence-corrected chi connectivity index (χ1v) is 11.6. The Kier molecular flexibility index (Phi) is 6.39. The van der Waals surface area contributed by atoms with Crippen LogP contribution in [0.15, 0.2) is 8.68 Å². The first-order chi connectivity index (χ1) is 12.1. The fourth-order valence-electron chi connectivity index (χ4n) is 2.45. The van der Waals surface area contributed by atoms with Gasteiger partial charge in [0, 0.05) is 10.6 Å². The van der Waals surface area contributed by atoms with Crippen molar-refractivity contribution >= 4 is 57.1 Å². The largest absolute Gasteiger partial charge is 0.316 e. The fourth-order valence-corrected chi connectivity index (χ4v) is 6.50. The Labute approximate surface area is 163 Å². The molecule has 132 valence electrons. The van der Waals surface area contributed by atoms with E-state index in [2.05, 4.69) is 35.4 Å². The number of thioether (sulfide) groups is 2. The standard InChI is InChI=1S/C16H18N4OS4/c1-9(2)7-22-15-19-20-16(25-15)23-8-13(21)18-14-11(6-17)10-4-3-5-12(10)24-14/h9H,3-5,7-8H2,1-2H3,(H,18,21). The first kappa shape index (κ1) is 18.7. The minimum atomic E-state index is -0.104. The van der Waals surface area contributed by atoms with Crippen molar-refractivity contribution in [1.82, 2.24) is 10.2 Å². The number of rotatable bonds is 7. The van der Waals surface area contributed by atoms with Gasteiger partial charge in [-0.05, 0) is 30.7 Å². The van der Waals surface area contributed by atoms with Gasteiger partial charge in [0.1, 0.15) is 11.1 Å². The normalized spacial score (nSPS) is 13.0. The molecular weight excluding hydrogens is 392 g/mol. The number of nitrogens with one attached hydrogen (secondary N) is 1. The predicted molar refractivity (Wildman–Crippen MR) is 106 cm³/mol. The van der Waals surface area contributed by atoms with Gasteiger partial charge < -0.3 is 5.32 Å². The lowest BCUT2D eigenvalue weighted by Gasteiger charge is -2.02. The van der Waals surface area contributed by atoms with Crippen LogP contribution in [0.5, 0.6) is 0 Å². The lowest BCUT2D eigenvalue weighted by Crippen LogP contribution is -2.13. The number of thiophene rings is 1. The molecule has 0 unspecified atom stereocenters. The van der Waals surface area contributed by atoms with Crippen molar-refractivity contribution in [2.75, 3.05) is 16.8 Å². The highest BCUT2D eigenvalue weighted by Gasteiger charge is 2.23. The molecule has 1 aliphatic rings. The number of fused-ring (bicyclic) bond motifs is 1. The van der Waals surface area contributed by atoms with Crippen molar-refractivity contribution in [3.8, 4) is 6.07 Å². The summed E-state index contributed by atoms with van der Waals surface area (Å²) in [5, 5.41) is 21.2. The highest BCUT2D eigenvalue weighted by molar-refractivity contribution is 8.03. The van der Waals surface area contributed by atoms with E-state index in [4.69, 9.17) is 0 Å². The van der Waals surface area contributed by atoms with Gasteiger partial charge in [0.05, 0.1) is 11.3 Å². The van der Waals surface area contributed by atoms with Crippen molar-refractivity contribution in [2.45, 2.75) is 41.8 Å². The number of carbonyl (C=O) groups excluding carboxylic acids is 1. The molecule has 0 bridgehead atoms. The molecule has 0 fully saturated rings. The maximum atomic E-state index is 12.2. The molecule has 25 heavy (non-hydrogen) atoms. The van der Waals surface area contributed by atoms with E-state index in [9.17, 15) is 10.1 Å². The number of nitrogens with zero attached hydrogens (tertiary/aromatic N) is 3. The Morgan fingerprint density at radius 2 is 2.04 bits per heavy atom. The summed E-state index contributed by atoms with van der Waals surface area (Å²) in [5.74, 6) is 1.79. The third-order valence-corrected chi connectivity index (χ3v) is 8.36. The molecule has 0 saturated carbocycles. The monoisotopic (exact) mass is 410 g/mol. The number of amides is 1. The smallest absolute Gasteiger partial charge is 0.235 e. The second-order valence-corrected chi connectivity index (χ2v) is 10.6. The third kappa shape index (κ3) is 4.76. The number of hydrogen-bond donors (Lipinski definition) is 1. The van der Waals surface area contributed by atoms with E-state index in [1.54, 1.807) is 23.1 Å². The Morgan fingerprint density at radius 3 is 2.76 bits per heavy atom. The summed E-state index contributed by atoms with van der Waals surface area (Å²) in [6.45, 7) is 4.34. The van der Waals surface area contributed by atoms with E-state index in [0.717, 1.165) is 39.3 Å². The molecule has 1 amide bonds. The minimum Gasteiger partial charge on any atom is -0.316 e. The molecule has 0 atom stereocenters. The molecule has 2 heterocycles. The highest BCUT2D eigenvalue weighted by Crippen LogP contribution is 2.38. The first-order valence-electron chi connectivity index (χ1n) is 8.00. The van der Waals surface area contributed by atoms with Gasteiger partial charge in [0.25, 0.3) is 0 Å². The Bertz CT molecular complexity index is 806. The van der Waals surface area contributed by atoms with Crippen LogP contribution >= 0.6 is 46.2 Å². The zero-order chi connectivity index (χ0) is 17.8. The molecule has 9 heteroatoms. The average molecular weight is 411 g/mol. The van der Waals surface area contributed by atoms with Crippen LogP contribution in [-0.2, 0) is 17.6 Å². The SMILES string of the molecule is CC(C)CSc1nnc(SCC(=O)Nc2sc3c(c2C#N)CCC3)s1. The van der Waals surface area contributed by atoms with Gasteiger partial charge in [-0.25, -0.2) is 0 Å². The van der Waals surface area contributed by atoms with Crippen molar-refractivity contribution in [3.63, 3.8) is 0 Å². The third-order valence-electron chi connectivity index (χ3n) is 3.54. The van der Waals surface area contributed by atoms with Crippen LogP contribution in [0.3, 0.4) is 0 Å². The van der Waals surface area contributed by atoms with Crippen LogP contribution in [0.1, 0.15) is 36.3 Å². The molecule has 5 nitrogen and oxygen atoms in total. The van der Waals surface area contributed by atoms with E-state index in [0.29, 0.717) is 16.5 Å². The summed E-state index contributed by atoms with van der Waals surface area (Å²) in [5.41, 5.74) is 1.78. The molecule has 0 aliphatic heterocycles. The lowest BCUT2D eigenvalue weighted by atomic mass is 10.1. The topological polar surface area (TPSA) is 78.7 Å². The molecule has 0 spiro atoms. The van der Waals surface area contributed by atoms with Gasteiger partial charge >= 0.3 is 0 Å². The van der Waals surface area contributed by atoms with Crippen molar-refractivity contribution in [3.05, 3.63) is 16.0 Å². The summed E-state index contributed by atoms with van der Waals surface area (Å²) in [6.07, 6.45) is 3.07. The molecule has 0 radical (unpaired) electrons. The second kappa shape index (κ2) is 8.54. The number of aromatic nitrogens is 2. The Hall–Kier alpha value is -1.08. The van der Waals surface area contributed by atoms with Crippen molar-refractivity contribution < 1.29 is 4.79 Å². The van der Waals surface area contributed by atoms with Gasteiger partial charge in [0.15, 0.2) is 8.68 Å². The molecule has 3 rings (SSSR count). The van der Waals surface area contributed by atoms with E-state index >= 15 is 0 Å². The average Bonchev–Trinajstić information content (AvgIpc) is 3.26. The number of anilines is 1. The van der Waals surface area contributed by atoms with Crippen molar-refractivity contribution in [1.29, 1.82) is 5.26 Å². The van der Waals surface area contributed by atoms with Gasteiger partial charge in [-0.1, -0.05) is 48.7 Å². The summed E-state index contributed by atoms with van der Waals surface area (Å²) in [6, 6.07) is 2.25. The number of nitriles is 1. The zero-order valence-electron chi connectivity index (χ0n) is 14.0. The summed E-state index contributed by atoms with van der Waals surface area (Å²) >= 11 is 6.16. The number of hydrogen-bond acceptors (Lipinski definition) is 8. The van der Waals surface area contributed by atoms with Crippen LogP contribution in [0.2, 0.25) is 0 Å². The second-order valence-electron chi connectivity index (χ2n) is 6.05. The number of carbonyl (C=O) groups is 1. The van der Waals surface area contributed by atoms with E-state index in [-0.39, 0.29) is 11.7 Å². The summed E-state index contributed by atoms with van der Waals surface area (Å²) in [4.78, 5) is 13.5. The van der Waals surface area contributed by atoms with E-state index in [1.165, 1.54) is 28.0 Å². The molecule has 0 saturated heterocycles. The van der Waals surface area contributed by atoms with Gasteiger partial charge in [-0.15, -0.1) is 21.5 Å². The molecule has 2 aromatic heterocycles. The predicted octanol–water partition coefficient (Wildman–Crippen LogP) is 4.44. The van der Waals surface area contributed by atoms with Crippen molar-refractivity contribution in [2.24, 2.45) is 5.92 Å². The number of aryl methyl sites for hydroxylation is 1. The fraction of sp³-hybridized carbons (Fsp3) is 0.500. The van der Waals surface area contributed by atoms with Gasteiger partial charge in [-0.3, -0.25) is 4.79 Å². The van der Waals surface area contributed by atoms with Gasteiger partial charge in [0.2, 0.25) is 5.91 Å². The highest BCUT2D eigenvalue weighted by atomic mass is 32.2. The Morgan fingerprint density at radius 1 is 1.28 bits per heavy atom. The zero-order valence-corrected chi connectivity index (χ0v) is 17.3. The quantitative estimate of drug-likeness (QED) is 0.680. The van der Waals surface area contributed by atoms with Crippen LogP contribution in [-0.4, -0.2) is 27.6 Å². The van der Waals surface area contributed by atoms with E-state index in [1.807, 2.05) is 0 Å². The molecule has 1 N–H and O–H groups in total. The maximum Gasteiger partial charge on any atom is 0.235 e. The maximum absolute atomic E-state index is 12.2. The van der Waals surface area contributed by atoms with Crippen LogP contribution in [0.4, 0.5) is 5.00 Å². The van der Waals surface area contributed by atoms with Crippen LogP contribution in [0, 0.1) is 17.2 Å².